The number of likely N-dealkylation sites (tertiary alicyclic amines) is 1. The molecule has 9 nitrogen and oxygen atoms in total. The first kappa shape index (κ1) is 19.8. The van der Waals surface area contributed by atoms with Crippen LogP contribution in [0.3, 0.4) is 0 Å². The van der Waals surface area contributed by atoms with E-state index in [1.165, 1.54) is 0 Å². The number of benzene rings is 1. The SMILES string of the molecule is COc1cc(OC)cc(C(=O)N2CCCC(Cc3nc(-c4cnccn4)no3)C2)c1. The molecule has 4 rings (SSSR count). The zero-order valence-electron chi connectivity index (χ0n) is 16.9. The number of methoxy groups -OCH3 is 2. The normalized spacial score (nSPS) is 16.3. The average molecular weight is 409 g/mol. The number of carbonyl (C=O) groups is 1. The van der Waals surface area contributed by atoms with E-state index in [4.69, 9.17) is 14.0 Å². The summed E-state index contributed by atoms with van der Waals surface area (Å²) in [4.78, 5) is 27.6. The zero-order chi connectivity index (χ0) is 20.9. The van der Waals surface area contributed by atoms with Gasteiger partial charge in [-0.25, -0.2) is 4.98 Å². The Morgan fingerprint density at radius 2 is 2.00 bits per heavy atom. The molecule has 1 unspecified atom stereocenters. The number of ether oxygens (including phenoxy) is 2. The molecule has 0 saturated carbocycles. The summed E-state index contributed by atoms with van der Waals surface area (Å²) in [6, 6.07) is 5.22. The number of rotatable bonds is 6. The first-order valence-electron chi connectivity index (χ1n) is 9.77. The van der Waals surface area contributed by atoms with Crippen molar-refractivity contribution in [3.8, 4) is 23.0 Å². The first-order chi connectivity index (χ1) is 14.7. The molecular weight excluding hydrogens is 386 g/mol. The van der Waals surface area contributed by atoms with Crippen molar-refractivity contribution in [1.82, 2.24) is 25.0 Å². The van der Waals surface area contributed by atoms with Crippen LogP contribution < -0.4 is 9.47 Å². The minimum absolute atomic E-state index is 0.0392. The van der Waals surface area contributed by atoms with Gasteiger partial charge in [0.1, 0.15) is 17.2 Å². The number of piperidine rings is 1. The lowest BCUT2D eigenvalue weighted by Crippen LogP contribution is -2.40. The van der Waals surface area contributed by atoms with Gasteiger partial charge in [-0.15, -0.1) is 0 Å². The van der Waals surface area contributed by atoms with Gasteiger partial charge in [-0.05, 0) is 30.9 Å². The number of aromatic nitrogens is 4. The van der Waals surface area contributed by atoms with Crippen molar-refractivity contribution < 1.29 is 18.8 Å². The molecule has 9 heteroatoms. The average Bonchev–Trinajstić information content (AvgIpc) is 3.27. The van der Waals surface area contributed by atoms with Crippen LogP contribution in [0.5, 0.6) is 11.5 Å². The maximum absolute atomic E-state index is 13.1. The highest BCUT2D eigenvalue weighted by atomic mass is 16.5. The van der Waals surface area contributed by atoms with Crippen molar-refractivity contribution in [1.29, 1.82) is 0 Å². The van der Waals surface area contributed by atoms with Gasteiger partial charge in [-0.1, -0.05) is 5.16 Å². The smallest absolute Gasteiger partial charge is 0.254 e. The molecule has 156 valence electrons. The van der Waals surface area contributed by atoms with E-state index in [2.05, 4.69) is 20.1 Å². The summed E-state index contributed by atoms with van der Waals surface area (Å²) in [5.41, 5.74) is 1.12. The molecule has 30 heavy (non-hydrogen) atoms. The van der Waals surface area contributed by atoms with Gasteiger partial charge >= 0.3 is 0 Å². The van der Waals surface area contributed by atoms with Gasteiger partial charge in [0, 0.05) is 43.5 Å². The molecule has 3 aromatic rings. The maximum Gasteiger partial charge on any atom is 0.254 e. The molecule has 3 heterocycles. The number of nitrogens with zero attached hydrogens (tertiary/aromatic N) is 5. The van der Waals surface area contributed by atoms with E-state index in [0.717, 1.165) is 12.8 Å². The van der Waals surface area contributed by atoms with Gasteiger partial charge < -0.3 is 18.9 Å². The lowest BCUT2D eigenvalue weighted by atomic mass is 9.94. The van der Waals surface area contributed by atoms with E-state index >= 15 is 0 Å². The predicted molar refractivity (Wildman–Crippen MR) is 107 cm³/mol. The topological polar surface area (TPSA) is 103 Å². The number of carbonyl (C=O) groups excluding carboxylic acids is 1. The second-order valence-corrected chi connectivity index (χ2v) is 7.17. The molecule has 0 N–H and O–H groups in total. The third-order valence-electron chi connectivity index (χ3n) is 5.13. The number of amides is 1. The largest absolute Gasteiger partial charge is 0.497 e. The van der Waals surface area contributed by atoms with Crippen LogP contribution in [0.4, 0.5) is 0 Å². The zero-order valence-corrected chi connectivity index (χ0v) is 16.9. The van der Waals surface area contributed by atoms with Crippen LogP contribution in [0.1, 0.15) is 29.1 Å². The van der Waals surface area contributed by atoms with E-state index in [-0.39, 0.29) is 11.8 Å². The molecular formula is C21H23N5O4. The molecule has 0 bridgehead atoms. The quantitative estimate of drug-likeness (QED) is 0.612. The third kappa shape index (κ3) is 4.40. The van der Waals surface area contributed by atoms with Crippen molar-refractivity contribution in [2.75, 3.05) is 27.3 Å². The van der Waals surface area contributed by atoms with Crippen molar-refractivity contribution >= 4 is 5.91 Å². The van der Waals surface area contributed by atoms with Crippen molar-refractivity contribution in [2.45, 2.75) is 19.3 Å². The maximum atomic E-state index is 13.1. The minimum atomic E-state index is -0.0392. The van der Waals surface area contributed by atoms with Crippen LogP contribution in [0.15, 0.2) is 41.3 Å². The second kappa shape index (κ2) is 8.89. The van der Waals surface area contributed by atoms with E-state index in [1.54, 1.807) is 51.0 Å². The predicted octanol–water partition coefficient (Wildman–Crippen LogP) is 2.64. The summed E-state index contributed by atoms with van der Waals surface area (Å²) in [7, 11) is 3.14. The molecule has 1 aliphatic heterocycles. The van der Waals surface area contributed by atoms with Crippen molar-refractivity contribution in [3.05, 3.63) is 48.2 Å². The summed E-state index contributed by atoms with van der Waals surface area (Å²) in [6.07, 6.45) is 7.30. The highest BCUT2D eigenvalue weighted by molar-refractivity contribution is 5.95. The third-order valence-corrected chi connectivity index (χ3v) is 5.13. The van der Waals surface area contributed by atoms with Gasteiger partial charge in [0.05, 0.1) is 20.4 Å². The summed E-state index contributed by atoms with van der Waals surface area (Å²) < 4.78 is 16.0. The highest BCUT2D eigenvalue weighted by Crippen LogP contribution is 2.26. The summed E-state index contributed by atoms with van der Waals surface area (Å²) in [5.74, 6) is 2.35. The standard InChI is InChI=1S/C21H23N5O4/c1-28-16-9-15(10-17(11-16)29-2)21(27)26-7-3-4-14(13-26)8-19-24-20(25-30-19)18-12-22-5-6-23-18/h5-6,9-12,14H,3-4,7-8,13H2,1-2H3. The minimum Gasteiger partial charge on any atom is -0.497 e. The van der Waals surface area contributed by atoms with Crippen LogP contribution in [-0.4, -0.2) is 58.2 Å². The number of hydrogen-bond acceptors (Lipinski definition) is 8. The summed E-state index contributed by atoms with van der Waals surface area (Å²) in [5, 5.41) is 3.99. The van der Waals surface area contributed by atoms with Gasteiger partial charge in [-0.3, -0.25) is 9.78 Å². The highest BCUT2D eigenvalue weighted by Gasteiger charge is 2.27. The van der Waals surface area contributed by atoms with E-state index < -0.39 is 0 Å². The molecule has 1 amide bonds. The molecule has 2 aromatic heterocycles. The summed E-state index contributed by atoms with van der Waals surface area (Å²) >= 11 is 0. The fourth-order valence-corrected chi connectivity index (χ4v) is 3.63. The monoisotopic (exact) mass is 409 g/mol. The van der Waals surface area contributed by atoms with Crippen molar-refractivity contribution in [3.63, 3.8) is 0 Å². The lowest BCUT2D eigenvalue weighted by molar-refractivity contribution is 0.0667. The molecule has 0 aliphatic carbocycles. The molecule has 0 spiro atoms. The van der Waals surface area contributed by atoms with Crippen LogP contribution in [0, 0.1) is 5.92 Å². The fourth-order valence-electron chi connectivity index (χ4n) is 3.63. The Morgan fingerprint density at radius 3 is 2.70 bits per heavy atom. The first-order valence-corrected chi connectivity index (χ1v) is 9.77. The van der Waals surface area contributed by atoms with Gasteiger partial charge in [0.15, 0.2) is 0 Å². The Balaban J connectivity index is 1.44. The Hall–Kier alpha value is -3.49. The molecule has 1 aromatic carbocycles. The Labute approximate surface area is 174 Å². The van der Waals surface area contributed by atoms with Crippen LogP contribution in [0.2, 0.25) is 0 Å². The molecule has 0 radical (unpaired) electrons. The number of hydrogen-bond donors (Lipinski definition) is 0. The van der Waals surface area contributed by atoms with Crippen LogP contribution >= 0.6 is 0 Å². The van der Waals surface area contributed by atoms with E-state index in [9.17, 15) is 4.79 Å². The van der Waals surface area contributed by atoms with Crippen LogP contribution in [0.25, 0.3) is 11.5 Å². The lowest BCUT2D eigenvalue weighted by Gasteiger charge is -2.32. The molecule has 1 aliphatic rings. The Kier molecular flexibility index (Phi) is 5.87. The van der Waals surface area contributed by atoms with Gasteiger partial charge in [-0.2, -0.15) is 4.98 Å². The van der Waals surface area contributed by atoms with E-state index in [0.29, 0.717) is 54.0 Å². The fraction of sp³-hybridized carbons (Fsp3) is 0.381. The van der Waals surface area contributed by atoms with Crippen molar-refractivity contribution in [2.24, 2.45) is 5.92 Å². The molecule has 1 saturated heterocycles. The van der Waals surface area contributed by atoms with Gasteiger partial charge in [0.25, 0.3) is 5.91 Å². The van der Waals surface area contributed by atoms with Crippen LogP contribution in [-0.2, 0) is 6.42 Å². The Morgan fingerprint density at radius 1 is 1.20 bits per heavy atom. The van der Waals surface area contributed by atoms with E-state index in [1.807, 2.05) is 4.90 Å². The molecule has 1 atom stereocenters. The second-order valence-electron chi connectivity index (χ2n) is 7.17. The molecule has 1 fully saturated rings. The Bertz CT molecular complexity index is 985. The van der Waals surface area contributed by atoms with Gasteiger partial charge in [0.2, 0.25) is 11.7 Å². The summed E-state index contributed by atoms with van der Waals surface area (Å²) in [6.45, 7) is 1.34.